The number of carbonyl (C=O) groups excluding carboxylic acids is 3. The van der Waals surface area contributed by atoms with Gasteiger partial charge in [0.2, 0.25) is 21.8 Å². The molecule has 1 atom stereocenters. The Hall–Kier alpha value is -2.34. The highest BCUT2D eigenvalue weighted by Gasteiger charge is 2.44. The summed E-state index contributed by atoms with van der Waals surface area (Å²) in [6.07, 6.45) is -0.949. The first-order chi connectivity index (χ1) is 12.6. The van der Waals surface area contributed by atoms with Gasteiger partial charge in [-0.1, -0.05) is 0 Å². The predicted molar refractivity (Wildman–Crippen MR) is 93.9 cm³/mol. The molecule has 1 aliphatic rings. The van der Waals surface area contributed by atoms with E-state index in [2.05, 4.69) is 0 Å². The second kappa shape index (κ2) is 8.13. The van der Waals surface area contributed by atoms with E-state index in [0.29, 0.717) is 0 Å². The fraction of sp³-hybridized carbons (Fsp3) is 0.438. The van der Waals surface area contributed by atoms with Crippen molar-refractivity contribution in [2.45, 2.75) is 30.6 Å². The van der Waals surface area contributed by atoms with Gasteiger partial charge in [0, 0.05) is 21.1 Å². The van der Waals surface area contributed by atoms with Gasteiger partial charge in [0.15, 0.2) is 6.29 Å². The molecule has 1 aliphatic heterocycles. The molecule has 1 aromatic rings. The highest BCUT2D eigenvalue weighted by Crippen LogP contribution is 2.27. The Morgan fingerprint density at radius 2 is 1.81 bits per heavy atom. The average Bonchev–Trinajstić information content (AvgIpc) is 2.89. The van der Waals surface area contributed by atoms with E-state index in [-0.39, 0.29) is 23.5 Å². The largest absolute Gasteiger partial charge is 0.354 e. The highest BCUT2D eigenvalue weighted by atomic mass is 32.2. The summed E-state index contributed by atoms with van der Waals surface area (Å²) in [5, 5.41) is 5.04. The van der Waals surface area contributed by atoms with Crippen LogP contribution in [-0.4, -0.2) is 64.1 Å². The number of nitrogens with two attached hydrogens (primary N) is 1. The Morgan fingerprint density at radius 3 is 2.26 bits per heavy atom. The van der Waals surface area contributed by atoms with Gasteiger partial charge in [-0.05, 0) is 24.3 Å². The lowest BCUT2D eigenvalue weighted by Gasteiger charge is -2.29. The number of benzene rings is 1. The molecule has 27 heavy (non-hydrogen) atoms. The molecule has 0 saturated carbocycles. The number of ether oxygens (including phenoxy) is 2. The smallest absolute Gasteiger partial charge is 0.257 e. The zero-order chi connectivity index (χ0) is 20.4. The Balaban J connectivity index is 2.28. The van der Waals surface area contributed by atoms with Crippen LogP contribution in [0.25, 0.3) is 0 Å². The van der Waals surface area contributed by atoms with Crippen LogP contribution in [0.1, 0.15) is 13.3 Å². The summed E-state index contributed by atoms with van der Waals surface area (Å²) < 4.78 is 32.8. The third kappa shape index (κ3) is 4.50. The van der Waals surface area contributed by atoms with Gasteiger partial charge in [-0.2, -0.15) is 0 Å². The van der Waals surface area contributed by atoms with Crippen LogP contribution < -0.4 is 10.0 Å². The van der Waals surface area contributed by atoms with E-state index in [0.717, 1.165) is 4.90 Å². The van der Waals surface area contributed by atoms with Crippen molar-refractivity contribution in [3.05, 3.63) is 24.3 Å². The first-order valence-electron chi connectivity index (χ1n) is 7.92. The van der Waals surface area contributed by atoms with E-state index in [9.17, 15) is 22.8 Å². The number of primary sulfonamides is 1. The predicted octanol–water partition coefficient (Wildman–Crippen LogP) is -0.567. The van der Waals surface area contributed by atoms with Gasteiger partial charge in [-0.25, -0.2) is 18.5 Å². The molecular weight excluding hydrogens is 378 g/mol. The summed E-state index contributed by atoms with van der Waals surface area (Å²) in [4.78, 5) is 39.2. The van der Waals surface area contributed by atoms with Crippen LogP contribution in [0.15, 0.2) is 29.2 Å². The third-order valence-corrected chi connectivity index (χ3v) is 5.13. The number of amides is 3. The Bertz CT molecular complexity index is 834. The molecule has 0 radical (unpaired) electrons. The number of rotatable bonds is 7. The van der Waals surface area contributed by atoms with Crippen LogP contribution in [0.5, 0.6) is 0 Å². The van der Waals surface area contributed by atoms with Crippen molar-refractivity contribution < 1.29 is 32.3 Å². The second-order valence-electron chi connectivity index (χ2n) is 5.90. The van der Waals surface area contributed by atoms with Crippen molar-refractivity contribution >= 4 is 33.4 Å². The topological polar surface area (TPSA) is 136 Å². The van der Waals surface area contributed by atoms with Crippen LogP contribution in [0.3, 0.4) is 0 Å². The normalized spacial score (nSPS) is 17.7. The van der Waals surface area contributed by atoms with E-state index < -0.39 is 40.1 Å². The Kier molecular flexibility index (Phi) is 6.31. The van der Waals surface area contributed by atoms with Gasteiger partial charge in [0.05, 0.1) is 23.5 Å². The minimum Gasteiger partial charge on any atom is -0.354 e. The maximum atomic E-state index is 12.8. The minimum absolute atomic E-state index is 0.0236. The van der Waals surface area contributed by atoms with Crippen molar-refractivity contribution in [1.82, 2.24) is 4.90 Å². The molecule has 10 nitrogen and oxygen atoms in total. The molecule has 1 unspecified atom stereocenters. The number of imide groups is 1. The molecule has 0 bridgehead atoms. The van der Waals surface area contributed by atoms with Crippen molar-refractivity contribution in [2.75, 3.05) is 25.7 Å². The van der Waals surface area contributed by atoms with Gasteiger partial charge in [-0.15, -0.1) is 0 Å². The lowest BCUT2D eigenvalue weighted by Crippen LogP contribution is -2.48. The number of carbonyl (C=O) groups is 3. The first kappa shape index (κ1) is 21.0. The summed E-state index contributed by atoms with van der Waals surface area (Å²) in [6.45, 7) is 1.26. The molecule has 148 valence electrons. The van der Waals surface area contributed by atoms with Crippen LogP contribution >= 0.6 is 0 Å². The average molecular weight is 399 g/mol. The van der Waals surface area contributed by atoms with Gasteiger partial charge in [0.1, 0.15) is 6.04 Å². The zero-order valence-corrected chi connectivity index (χ0v) is 15.9. The lowest BCUT2D eigenvalue weighted by atomic mass is 10.2. The van der Waals surface area contributed by atoms with Crippen LogP contribution in [0.2, 0.25) is 0 Å². The highest BCUT2D eigenvalue weighted by molar-refractivity contribution is 7.89. The lowest BCUT2D eigenvalue weighted by molar-refractivity contribution is -0.150. The van der Waals surface area contributed by atoms with E-state index >= 15 is 0 Å². The molecule has 0 aliphatic carbocycles. The molecule has 1 fully saturated rings. The van der Waals surface area contributed by atoms with Crippen LogP contribution in [0, 0.1) is 0 Å². The van der Waals surface area contributed by atoms with Crippen molar-refractivity contribution in [3.8, 4) is 0 Å². The summed E-state index contributed by atoms with van der Waals surface area (Å²) in [5.74, 6) is -1.51. The third-order valence-electron chi connectivity index (χ3n) is 4.20. The molecule has 1 aromatic carbocycles. The van der Waals surface area contributed by atoms with Crippen LogP contribution in [-0.2, 0) is 33.9 Å². The summed E-state index contributed by atoms with van der Waals surface area (Å²) in [6, 6.07) is 4.02. The van der Waals surface area contributed by atoms with Crippen LogP contribution in [0.4, 0.5) is 5.69 Å². The Morgan fingerprint density at radius 1 is 1.26 bits per heavy atom. The summed E-state index contributed by atoms with van der Waals surface area (Å²) >= 11 is 0. The molecule has 2 N–H and O–H groups in total. The number of hydrogen-bond donors (Lipinski definition) is 1. The molecule has 1 heterocycles. The number of methoxy groups -OCH3 is 2. The molecule has 2 rings (SSSR count). The molecule has 11 heteroatoms. The maximum absolute atomic E-state index is 12.8. The fourth-order valence-corrected chi connectivity index (χ4v) is 3.31. The van der Waals surface area contributed by atoms with Gasteiger partial charge < -0.3 is 14.4 Å². The Labute approximate surface area is 156 Å². The molecule has 0 spiro atoms. The summed E-state index contributed by atoms with van der Waals surface area (Å²) in [7, 11) is -1.10. The van der Waals surface area contributed by atoms with Gasteiger partial charge in [0.25, 0.3) is 5.91 Å². The van der Waals surface area contributed by atoms with Gasteiger partial charge >= 0.3 is 0 Å². The van der Waals surface area contributed by atoms with E-state index in [1.807, 2.05) is 0 Å². The standard InChI is InChI=1S/C16H21N3O7S/c1-10(20)18(9-15(25-2)26-3)13-8-14(21)19(16(13)22)11-4-6-12(7-5-11)27(17,23)24/h4-7,13,15H,8-9H2,1-3H3,(H2,17,23,24). The van der Waals surface area contributed by atoms with E-state index in [4.69, 9.17) is 14.6 Å². The fourth-order valence-electron chi connectivity index (χ4n) is 2.80. The maximum Gasteiger partial charge on any atom is 0.257 e. The summed E-state index contributed by atoms with van der Waals surface area (Å²) in [5.41, 5.74) is 0.193. The quantitative estimate of drug-likeness (QED) is 0.479. The SMILES string of the molecule is COC(CN(C(C)=O)C1CC(=O)N(c2ccc(S(N)(=O)=O)cc2)C1=O)OC. The van der Waals surface area contributed by atoms with Gasteiger partial charge in [-0.3, -0.25) is 14.4 Å². The molecule has 1 saturated heterocycles. The van der Waals surface area contributed by atoms with E-state index in [1.54, 1.807) is 0 Å². The minimum atomic E-state index is -3.89. The van der Waals surface area contributed by atoms with Crippen molar-refractivity contribution in [3.63, 3.8) is 0 Å². The van der Waals surface area contributed by atoms with Crippen molar-refractivity contribution in [2.24, 2.45) is 5.14 Å². The molecular formula is C16H21N3O7S. The number of hydrogen-bond acceptors (Lipinski definition) is 7. The van der Waals surface area contributed by atoms with E-state index in [1.165, 1.54) is 50.3 Å². The number of nitrogens with zero attached hydrogens (tertiary/aromatic N) is 2. The van der Waals surface area contributed by atoms with Crippen molar-refractivity contribution in [1.29, 1.82) is 0 Å². The molecule has 0 aromatic heterocycles. The zero-order valence-electron chi connectivity index (χ0n) is 15.1. The molecule has 3 amide bonds. The first-order valence-corrected chi connectivity index (χ1v) is 9.47. The monoisotopic (exact) mass is 399 g/mol. The number of sulfonamides is 1. The second-order valence-corrected chi connectivity index (χ2v) is 7.46. The number of anilines is 1.